The van der Waals surface area contributed by atoms with Gasteiger partial charge in [0.25, 0.3) is 0 Å². The van der Waals surface area contributed by atoms with Gasteiger partial charge in [-0.15, -0.1) is 24.0 Å². The summed E-state index contributed by atoms with van der Waals surface area (Å²) in [5.41, 5.74) is 1.04. The molecular formula is C19H31IN4O2S. The molecule has 0 unspecified atom stereocenters. The van der Waals surface area contributed by atoms with E-state index in [1.54, 1.807) is 23.5 Å². The van der Waals surface area contributed by atoms with Crippen molar-refractivity contribution in [3.8, 4) is 0 Å². The maximum Gasteiger partial charge on any atom is 0.243 e. The minimum absolute atomic E-state index is 0. The van der Waals surface area contributed by atoms with E-state index in [1.807, 2.05) is 12.1 Å². The lowest BCUT2D eigenvalue weighted by Gasteiger charge is -2.26. The lowest BCUT2D eigenvalue weighted by atomic mass is 9.85. The zero-order chi connectivity index (χ0) is 18.4. The Bertz CT molecular complexity index is 712. The van der Waals surface area contributed by atoms with Crippen molar-refractivity contribution in [3.05, 3.63) is 29.8 Å². The van der Waals surface area contributed by atoms with Gasteiger partial charge >= 0.3 is 0 Å². The molecular weight excluding hydrogens is 475 g/mol. The number of piperidine rings is 1. The summed E-state index contributed by atoms with van der Waals surface area (Å²) in [6, 6.07) is 7.18. The maximum atomic E-state index is 12.7. The highest BCUT2D eigenvalue weighted by Gasteiger charge is 2.25. The Morgan fingerprint density at radius 3 is 2.30 bits per heavy atom. The van der Waals surface area contributed by atoms with Gasteiger partial charge in [-0.2, -0.15) is 4.31 Å². The van der Waals surface area contributed by atoms with Crippen molar-refractivity contribution in [1.29, 1.82) is 0 Å². The predicted octanol–water partition coefficient (Wildman–Crippen LogP) is 2.94. The first kappa shape index (κ1) is 22.4. The number of sulfonamides is 1. The zero-order valence-corrected chi connectivity index (χ0v) is 19.1. The average molecular weight is 506 g/mol. The van der Waals surface area contributed by atoms with Crippen LogP contribution in [0.5, 0.6) is 0 Å². The highest BCUT2D eigenvalue weighted by molar-refractivity contribution is 14.0. The van der Waals surface area contributed by atoms with E-state index in [0.29, 0.717) is 24.5 Å². The summed E-state index contributed by atoms with van der Waals surface area (Å²) in [4.78, 5) is 4.63. The Morgan fingerprint density at radius 1 is 1.07 bits per heavy atom. The molecule has 1 aliphatic carbocycles. The summed E-state index contributed by atoms with van der Waals surface area (Å²) in [5.74, 6) is 1.56. The summed E-state index contributed by atoms with van der Waals surface area (Å²) >= 11 is 0. The summed E-state index contributed by atoms with van der Waals surface area (Å²) in [6.45, 7) is 2.85. The molecule has 2 N–H and O–H groups in total. The van der Waals surface area contributed by atoms with Crippen LogP contribution in [-0.2, 0) is 16.6 Å². The van der Waals surface area contributed by atoms with Gasteiger partial charge in [-0.1, -0.05) is 25.0 Å². The van der Waals surface area contributed by atoms with Gasteiger partial charge in [-0.3, -0.25) is 4.99 Å². The SMILES string of the molecule is CN=C(NCc1ccc(S(=O)(=O)N2CCCCC2)cc1)NCC1CCC1.I. The standard InChI is InChI=1S/C19H30N4O2S.HI/c1-20-19(21-14-16-6-5-7-16)22-15-17-8-10-18(11-9-17)26(24,25)23-12-3-2-4-13-23;/h8-11,16H,2-7,12-15H2,1H3,(H2,20,21,22);1H. The molecule has 0 atom stereocenters. The van der Waals surface area contributed by atoms with Gasteiger partial charge in [0.2, 0.25) is 10.0 Å². The van der Waals surface area contributed by atoms with Crippen LogP contribution in [0.3, 0.4) is 0 Å². The van der Waals surface area contributed by atoms with Gasteiger partial charge < -0.3 is 10.6 Å². The van der Waals surface area contributed by atoms with E-state index in [1.165, 1.54) is 19.3 Å². The molecule has 0 spiro atoms. The zero-order valence-electron chi connectivity index (χ0n) is 16.0. The van der Waals surface area contributed by atoms with Gasteiger partial charge in [-0.25, -0.2) is 8.42 Å². The molecule has 3 rings (SSSR count). The number of nitrogens with zero attached hydrogens (tertiary/aromatic N) is 2. The molecule has 6 nitrogen and oxygen atoms in total. The molecule has 1 heterocycles. The van der Waals surface area contributed by atoms with Crippen LogP contribution in [0.1, 0.15) is 44.1 Å². The van der Waals surface area contributed by atoms with Crippen molar-refractivity contribution < 1.29 is 8.42 Å². The topological polar surface area (TPSA) is 73.8 Å². The van der Waals surface area contributed by atoms with Crippen LogP contribution < -0.4 is 10.6 Å². The van der Waals surface area contributed by atoms with Crippen molar-refractivity contribution in [1.82, 2.24) is 14.9 Å². The molecule has 1 aliphatic heterocycles. The van der Waals surface area contributed by atoms with Gasteiger partial charge in [0.05, 0.1) is 4.90 Å². The number of rotatable bonds is 6. The van der Waals surface area contributed by atoms with Gasteiger partial charge in [-0.05, 0) is 49.3 Å². The second-order valence-electron chi connectivity index (χ2n) is 7.21. The highest BCUT2D eigenvalue weighted by Crippen LogP contribution is 2.25. The van der Waals surface area contributed by atoms with E-state index in [-0.39, 0.29) is 24.0 Å². The molecule has 0 bridgehead atoms. The second kappa shape index (κ2) is 10.6. The summed E-state index contributed by atoms with van der Waals surface area (Å²) in [5, 5.41) is 6.65. The normalized spacial score (nSPS) is 19.1. The Labute approximate surface area is 180 Å². The van der Waals surface area contributed by atoms with E-state index in [9.17, 15) is 8.42 Å². The minimum atomic E-state index is -3.35. The van der Waals surface area contributed by atoms with Gasteiger partial charge in [0, 0.05) is 33.2 Å². The number of hydrogen-bond donors (Lipinski definition) is 2. The Morgan fingerprint density at radius 2 is 1.74 bits per heavy atom. The van der Waals surface area contributed by atoms with Crippen LogP contribution in [0.4, 0.5) is 0 Å². The van der Waals surface area contributed by atoms with E-state index in [0.717, 1.165) is 43.2 Å². The van der Waals surface area contributed by atoms with Crippen molar-refractivity contribution >= 4 is 40.0 Å². The summed E-state index contributed by atoms with van der Waals surface area (Å²) in [6.07, 6.45) is 6.97. The molecule has 152 valence electrons. The fourth-order valence-electron chi connectivity index (χ4n) is 3.38. The van der Waals surface area contributed by atoms with Crippen LogP contribution in [0, 0.1) is 5.92 Å². The summed E-state index contributed by atoms with van der Waals surface area (Å²) < 4.78 is 27.0. The van der Waals surface area contributed by atoms with Crippen LogP contribution in [0.15, 0.2) is 34.2 Å². The molecule has 8 heteroatoms. The smallest absolute Gasteiger partial charge is 0.243 e. The third-order valence-corrected chi connectivity index (χ3v) is 7.26. The minimum Gasteiger partial charge on any atom is -0.356 e. The average Bonchev–Trinajstić information content (AvgIpc) is 2.64. The fourth-order valence-corrected chi connectivity index (χ4v) is 4.90. The first-order chi connectivity index (χ1) is 12.6. The van der Waals surface area contributed by atoms with Crippen molar-refractivity contribution in [3.63, 3.8) is 0 Å². The quantitative estimate of drug-likeness (QED) is 0.354. The van der Waals surface area contributed by atoms with E-state index < -0.39 is 10.0 Å². The molecule has 0 aromatic heterocycles. The Balaban J connectivity index is 0.00000261. The second-order valence-corrected chi connectivity index (χ2v) is 9.15. The van der Waals surface area contributed by atoms with Crippen molar-refractivity contribution in [2.45, 2.75) is 50.0 Å². The predicted molar refractivity (Wildman–Crippen MR) is 120 cm³/mol. The monoisotopic (exact) mass is 506 g/mol. The van der Waals surface area contributed by atoms with E-state index in [4.69, 9.17) is 0 Å². The van der Waals surface area contributed by atoms with Gasteiger partial charge in [0.1, 0.15) is 0 Å². The Kier molecular flexibility index (Phi) is 8.81. The van der Waals surface area contributed by atoms with E-state index >= 15 is 0 Å². The van der Waals surface area contributed by atoms with Crippen molar-refractivity contribution in [2.75, 3.05) is 26.7 Å². The third-order valence-electron chi connectivity index (χ3n) is 5.34. The highest BCUT2D eigenvalue weighted by atomic mass is 127. The largest absolute Gasteiger partial charge is 0.356 e. The molecule has 0 radical (unpaired) electrons. The van der Waals surface area contributed by atoms with Crippen LogP contribution in [-0.4, -0.2) is 45.4 Å². The molecule has 27 heavy (non-hydrogen) atoms. The molecule has 2 fully saturated rings. The number of hydrogen-bond acceptors (Lipinski definition) is 3. The number of halogens is 1. The molecule has 1 saturated carbocycles. The van der Waals surface area contributed by atoms with Crippen molar-refractivity contribution in [2.24, 2.45) is 10.9 Å². The Hall–Kier alpha value is -0.870. The molecule has 1 aromatic rings. The first-order valence-corrected chi connectivity index (χ1v) is 11.1. The maximum absolute atomic E-state index is 12.7. The number of guanidine groups is 1. The summed E-state index contributed by atoms with van der Waals surface area (Å²) in [7, 11) is -1.58. The third kappa shape index (κ3) is 6.05. The van der Waals surface area contributed by atoms with Gasteiger partial charge in [0.15, 0.2) is 5.96 Å². The molecule has 2 aliphatic rings. The van der Waals surface area contributed by atoms with Crippen LogP contribution >= 0.6 is 24.0 Å². The number of benzene rings is 1. The molecule has 1 saturated heterocycles. The number of aliphatic imine (C=N–C) groups is 1. The first-order valence-electron chi connectivity index (χ1n) is 9.63. The lowest BCUT2D eigenvalue weighted by molar-refractivity contribution is 0.314. The molecule has 1 aromatic carbocycles. The van der Waals surface area contributed by atoms with Crippen LogP contribution in [0.2, 0.25) is 0 Å². The van der Waals surface area contributed by atoms with E-state index in [2.05, 4.69) is 15.6 Å². The van der Waals surface area contributed by atoms with Crippen LogP contribution in [0.25, 0.3) is 0 Å². The number of nitrogens with one attached hydrogen (secondary N) is 2. The lowest BCUT2D eigenvalue weighted by Crippen LogP contribution is -2.40. The fraction of sp³-hybridized carbons (Fsp3) is 0.632. The molecule has 0 amide bonds.